The van der Waals surface area contributed by atoms with Gasteiger partial charge in [-0.05, 0) is 11.6 Å². The normalized spacial score (nSPS) is 10.1. The van der Waals surface area contributed by atoms with Crippen molar-refractivity contribution in [2.45, 2.75) is 0 Å². The smallest absolute Gasteiger partial charge is 0.256 e. The van der Waals surface area contributed by atoms with Crippen LogP contribution in [0.1, 0.15) is 5.56 Å². The van der Waals surface area contributed by atoms with Crippen LogP contribution < -0.4 is 0 Å². The third-order valence-electron chi connectivity index (χ3n) is 2.26. The zero-order valence-electron chi connectivity index (χ0n) is 8.45. The van der Waals surface area contributed by atoms with Crippen LogP contribution in [0.2, 0.25) is 0 Å². The van der Waals surface area contributed by atoms with Crippen LogP contribution in [0.5, 0.6) is 0 Å². The molecule has 1 aromatic carbocycles. The summed E-state index contributed by atoms with van der Waals surface area (Å²) in [6.07, 6.45) is 0.635. The Balaban J connectivity index is 2.61. The molecule has 1 nitrogen and oxygen atoms in total. The lowest BCUT2D eigenvalue weighted by Gasteiger charge is -2.04. The summed E-state index contributed by atoms with van der Waals surface area (Å²) in [7, 11) is 0. The molecule has 0 unspecified atom stereocenters. The molecule has 0 spiro atoms. The molecule has 80 valence electrons. The highest BCUT2D eigenvalue weighted by Gasteiger charge is 2.04. The quantitative estimate of drug-likeness (QED) is 0.692. The molecule has 0 saturated heterocycles. The van der Waals surface area contributed by atoms with Crippen molar-refractivity contribution in [3.63, 3.8) is 0 Å². The van der Waals surface area contributed by atoms with Crippen molar-refractivity contribution < 1.29 is 8.78 Å². The average molecular weight is 217 g/mol. The van der Waals surface area contributed by atoms with Gasteiger partial charge in [0.1, 0.15) is 0 Å². The molecule has 0 bridgehead atoms. The van der Waals surface area contributed by atoms with Crippen LogP contribution in [0.4, 0.5) is 8.78 Å². The molecule has 3 heteroatoms. The highest BCUT2D eigenvalue weighted by Crippen LogP contribution is 2.24. The van der Waals surface area contributed by atoms with E-state index in [4.69, 9.17) is 0 Å². The standard InChI is InChI=1S/C13H9F2N/c1-9(8-12(14)15)11-6-2-4-10-5-3-7-16-13(10)11/h2-8H,1H2. The first-order chi connectivity index (χ1) is 7.68. The van der Waals surface area contributed by atoms with Gasteiger partial charge in [0.05, 0.1) is 5.52 Å². The van der Waals surface area contributed by atoms with Crippen molar-refractivity contribution in [3.05, 3.63) is 60.8 Å². The molecule has 2 aromatic rings. The summed E-state index contributed by atoms with van der Waals surface area (Å²) < 4.78 is 24.3. The first kappa shape index (κ1) is 10.5. The van der Waals surface area contributed by atoms with Crippen LogP contribution in [0.3, 0.4) is 0 Å². The predicted molar refractivity (Wildman–Crippen MR) is 61.1 cm³/mol. The second-order valence-electron chi connectivity index (χ2n) is 3.34. The number of para-hydroxylation sites is 1. The van der Waals surface area contributed by atoms with Crippen LogP contribution in [0.15, 0.2) is 55.3 Å². The number of fused-ring (bicyclic) bond motifs is 1. The minimum absolute atomic E-state index is 0.268. The minimum atomic E-state index is -1.75. The Kier molecular flexibility index (Phi) is 2.77. The number of aromatic nitrogens is 1. The predicted octanol–water partition coefficient (Wildman–Crippen LogP) is 4.03. The second-order valence-corrected chi connectivity index (χ2v) is 3.34. The molecule has 0 aliphatic rings. The number of allylic oxidation sites excluding steroid dienone is 2. The van der Waals surface area contributed by atoms with Gasteiger partial charge < -0.3 is 0 Å². The molecule has 0 aliphatic heterocycles. The summed E-state index contributed by atoms with van der Waals surface area (Å²) in [6.45, 7) is 3.62. The lowest BCUT2D eigenvalue weighted by Crippen LogP contribution is -1.86. The number of hydrogen-bond acceptors (Lipinski definition) is 1. The van der Waals surface area contributed by atoms with E-state index in [0.717, 1.165) is 11.5 Å². The van der Waals surface area contributed by atoms with E-state index < -0.39 is 6.08 Å². The summed E-state index contributed by atoms with van der Waals surface area (Å²) >= 11 is 0. The zero-order valence-corrected chi connectivity index (χ0v) is 8.45. The maximum absolute atomic E-state index is 12.2. The van der Waals surface area contributed by atoms with Crippen LogP contribution in [0.25, 0.3) is 16.5 Å². The van der Waals surface area contributed by atoms with E-state index in [9.17, 15) is 8.78 Å². The third kappa shape index (κ3) is 1.98. The Bertz CT molecular complexity index is 564. The molecule has 0 aliphatic carbocycles. The fourth-order valence-corrected chi connectivity index (χ4v) is 1.57. The van der Waals surface area contributed by atoms with Crippen molar-refractivity contribution in [1.82, 2.24) is 4.98 Å². The zero-order chi connectivity index (χ0) is 11.5. The number of benzene rings is 1. The lowest BCUT2D eigenvalue weighted by atomic mass is 10.0. The fourth-order valence-electron chi connectivity index (χ4n) is 1.57. The highest BCUT2D eigenvalue weighted by atomic mass is 19.3. The molecular weight excluding hydrogens is 208 g/mol. The van der Waals surface area contributed by atoms with Gasteiger partial charge in [-0.25, -0.2) is 0 Å². The van der Waals surface area contributed by atoms with Gasteiger partial charge in [-0.15, -0.1) is 0 Å². The Hall–Kier alpha value is -2.03. The molecular formula is C13H9F2N. The van der Waals surface area contributed by atoms with Crippen LogP contribution in [-0.2, 0) is 0 Å². The van der Waals surface area contributed by atoms with E-state index in [0.29, 0.717) is 11.1 Å². The molecule has 0 radical (unpaired) electrons. The number of halogens is 2. The van der Waals surface area contributed by atoms with Gasteiger partial charge in [-0.2, -0.15) is 8.78 Å². The molecule has 16 heavy (non-hydrogen) atoms. The maximum Gasteiger partial charge on any atom is 0.270 e. The number of pyridine rings is 1. The monoisotopic (exact) mass is 217 g/mol. The van der Waals surface area contributed by atoms with Crippen LogP contribution in [-0.4, -0.2) is 4.98 Å². The Morgan fingerprint density at radius 1 is 1.19 bits per heavy atom. The second kappa shape index (κ2) is 4.23. The van der Waals surface area contributed by atoms with E-state index >= 15 is 0 Å². The van der Waals surface area contributed by atoms with Crippen molar-refractivity contribution in [2.24, 2.45) is 0 Å². The maximum atomic E-state index is 12.2. The van der Waals surface area contributed by atoms with E-state index in [1.54, 1.807) is 24.4 Å². The van der Waals surface area contributed by atoms with Crippen molar-refractivity contribution in [3.8, 4) is 0 Å². The minimum Gasteiger partial charge on any atom is -0.256 e. The Labute approximate surface area is 91.7 Å². The summed E-state index contributed by atoms with van der Waals surface area (Å²) in [5.74, 6) is 0. The largest absolute Gasteiger partial charge is 0.270 e. The fraction of sp³-hybridized carbons (Fsp3) is 0. The topological polar surface area (TPSA) is 12.9 Å². The van der Waals surface area contributed by atoms with E-state index in [2.05, 4.69) is 11.6 Å². The summed E-state index contributed by atoms with van der Waals surface area (Å²) in [5, 5.41) is 0.911. The highest BCUT2D eigenvalue weighted by molar-refractivity contribution is 5.92. The van der Waals surface area contributed by atoms with Gasteiger partial charge in [0.2, 0.25) is 0 Å². The van der Waals surface area contributed by atoms with Crippen molar-refractivity contribution in [2.75, 3.05) is 0 Å². The Morgan fingerprint density at radius 3 is 2.69 bits per heavy atom. The van der Waals surface area contributed by atoms with Gasteiger partial charge in [-0.1, -0.05) is 30.8 Å². The van der Waals surface area contributed by atoms with Gasteiger partial charge in [0.25, 0.3) is 6.08 Å². The molecule has 0 amide bonds. The van der Waals surface area contributed by atoms with Gasteiger partial charge in [0, 0.05) is 23.2 Å². The summed E-state index contributed by atoms with van der Waals surface area (Å²) in [6, 6.07) is 9.11. The summed E-state index contributed by atoms with van der Waals surface area (Å²) in [5.41, 5.74) is 1.59. The average Bonchev–Trinajstić information content (AvgIpc) is 2.27. The molecule has 0 fully saturated rings. The van der Waals surface area contributed by atoms with Crippen molar-refractivity contribution in [1.29, 1.82) is 0 Å². The number of rotatable bonds is 2. The van der Waals surface area contributed by atoms with Gasteiger partial charge in [-0.3, -0.25) is 4.98 Å². The van der Waals surface area contributed by atoms with E-state index in [-0.39, 0.29) is 5.57 Å². The third-order valence-corrected chi connectivity index (χ3v) is 2.26. The molecule has 2 rings (SSSR count). The summed E-state index contributed by atoms with van der Waals surface area (Å²) in [4.78, 5) is 4.17. The first-order valence-corrected chi connectivity index (χ1v) is 4.74. The lowest BCUT2D eigenvalue weighted by molar-refractivity contribution is 0.422. The molecule has 0 saturated carbocycles. The van der Waals surface area contributed by atoms with E-state index in [1.807, 2.05) is 12.1 Å². The molecule has 0 N–H and O–H groups in total. The van der Waals surface area contributed by atoms with E-state index in [1.165, 1.54) is 0 Å². The Morgan fingerprint density at radius 2 is 1.94 bits per heavy atom. The van der Waals surface area contributed by atoms with Crippen molar-refractivity contribution >= 4 is 16.5 Å². The van der Waals surface area contributed by atoms with Crippen LogP contribution >= 0.6 is 0 Å². The van der Waals surface area contributed by atoms with Gasteiger partial charge in [0.15, 0.2) is 0 Å². The number of hydrogen-bond donors (Lipinski definition) is 0. The molecule has 0 atom stereocenters. The SMILES string of the molecule is C=C(C=C(F)F)c1cccc2cccnc12. The number of nitrogens with zero attached hydrogens (tertiary/aromatic N) is 1. The molecule has 1 aromatic heterocycles. The van der Waals surface area contributed by atoms with Gasteiger partial charge >= 0.3 is 0 Å². The molecule has 1 heterocycles. The first-order valence-electron chi connectivity index (χ1n) is 4.74. The van der Waals surface area contributed by atoms with Crippen LogP contribution in [0, 0.1) is 0 Å².